The van der Waals surface area contributed by atoms with Crippen LogP contribution in [-0.4, -0.2) is 28.4 Å². The average Bonchev–Trinajstić information content (AvgIpc) is 2.63. The second-order valence-electron chi connectivity index (χ2n) is 4.99. The van der Waals surface area contributed by atoms with Gasteiger partial charge in [-0.3, -0.25) is 14.5 Å². The molecule has 0 bridgehead atoms. The van der Waals surface area contributed by atoms with Crippen molar-refractivity contribution in [2.24, 2.45) is 0 Å². The van der Waals surface area contributed by atoms with Crippen molar-refractivity contribution in [2.75, 3.05) is 6.61 Å². The Morgan fingerprint density at radius 1 is 1.05 bits per heavy atom. The highest BCUT2D eigenvalue weighted by molar-refractivity contribution is 6.19. The van der Waals surface area contributed by atoms with Crippen LogP contribution in [0.15, 0.2) is 41.5 Å². The fourth-order valence-electron chi connectivity index (χ4n) is 2.28. The second-order valence-corrected chi connectivity index (χ2v) is 4.99. The lowest BCUT2D eigenvalue weighted by Crippen LogP contribution is -2.50. The van der Waals surface area contributed by atoms with Gasteiger partial charge in [0.25, 0.3) is 11.8 Å². The van der Waals surface area contributed by atoms with Gasteiger partial charge < -0.3 is 5.11 Å². The molecule has 0 radical (unpaired) electrons. The zero-order chi connectivity index (χ0) is 14.2. The van der Waals surface area contributed by atoms with Gasteiger partial charge in [0.2, 0.25) is 0 Å². The molecular formula is C15H17NO3. The Hall–Kier alpha value is -1.94. The lowest BCUT2D eigenvalue weighted by molar-refractivity contribution is -0.146. The van der Waals surface area contributed by atoms with Crippen molar-refractivity contribution in [2.45, 2.75) is 26.3 Å². The Labute approximate surface area is 112 Å². The Morgan fingerprint density at radius 3 is 1.95 bits per heavy atom. The summed E-state index contributed by atoms with van der Waals surface area (Å²) in [7, 11) is 0. The molecule has 2 amide bonds. The molecule has 1 aromatic carbocycles. The van der Waals surface area contributed by atoms with E-state index in [4.69, 9.17) is 0 Å². The fraction of sp³-hybridized carbons (Fsp3) is 0.333. The number of hydrogen-bond acceptors (Lipinski definition) is 3. The van der Waals surface area contributed by atoms with Crippen molar-refractivity contribution >= 4 is 11.8 Å². The van der Waals surface area contributed by atoms with Gasteiger partial charge in [-0.1, -0.05) is 30.3 Å². The number of nitrogens with zero attached hydrogens (tertiary/aromatic N) is 1. The summed E-state index contributed by atoms with van der Waals surface area (Å²) in [6.07, 6.45) is 0. The number of carbonyl (C=O) groups is 2. The maximum atomic E-state index is 12.2. The van der Waals surface area contributed by atoms with Gasteiger partial charge in [0, 0.05) is 11.1 Å². The van der Waals surface area contributed by atoms with E-state index in [1.54, 1.807) is 32.9 Å². The van der Waals surface area contributed by atoms with E-state index in [1.165, 1.54) is 0 Å². The summed E-state index contributed by atoms with van der Waals surface area (Å²) in [4.78, 5) is 25.6. The van der Waals surface area contributed by atoms with Gasteiger partial charge in [0.05, 0.1) is 12.1 Å². The third kappa shape index (κ3) is 1.88. The monoisotopic (exact) mass is 259 g/mol. The lowest BCUT2D eigenvalue weighted by Gasteiger charge is -2.36. The normalized spacial score (nSPS) is 19.1. The van der Waals surface area contributed by atoms with E-state index in [1.807, 2.05) is 18.2 Å². The third-order valence-corrected chi connectivity index (χ3v) is 3.81. The Bertz CT molecular complexity index is 538. The first-order valence-corrected chi connectivity index (χ1v) is 6.16. The van der Waals surface area contributed by atoms with Crippen molar-refractivity contribution in [3.8, 4) is 0 Å². The highest BCUT2D eigenvalue weighted by Gasteiger charge is 2.45. The van der Waals surface area contributed by atoms with Crippen LogP contribution in [0.25, 0.3) is 0 Å². The fourth-order valence-corrected chi connectivity index (χ4v) is 2.28. The number of rotatable bonds is 3. The zero-order valence-electron chi connectivity index (χ0n) is 11.3. The van der Waals surface area contributed by atoms with Crippen LogP contribution in [0.2, 0.25) is 0 Å². The maximum absolute atomic E-state index is 12.2. The lowest BCUT2D eigenvalue weighted by atomic mass is 9.90. The summed E-state index contributed by atoms with van der Waals surface area (Å²) >= 11 is 0. The molecule has 1 unspecified atom stereocenters. The van der Waals surface area contributed by atoms with Gasteiger partial charge in [-0.2, -0.15) is 0 Å². The summed E-state index contributed by atoms with van der Waals surface area (Å²) < 4.78 is 0. The topological polar surface area (TPSA) is 57.6 Å². The smallest absolute Gasteiger partial charge is 0.257 e. The van der Waals surface area contributed by atoms with Crippen LogP contribution in [0.3, 0.4) is 0 Å². The van der Waals surface area contributed by atoms with Crippen LogP contribution in [0, 0.1) is 0 Å². The summed E-state index contributed by atoms with van der Waals surface area (Å²) in [5.41, 5.74) is 0.594. The van der Waals surface area contributed by atoms with E-state index >= 15 is 0 Å². The minimum atomic E-state index is -1.03. The zero-order valence-corrected chi connectivity index (χ0v) is 11.3. The molecule has 0 spiro atoms. The summed E-state index contributed by atoms with van der Waals surface area (Å²) in [6.45, 7) is 4.66. The molecule has 19 heavy (non-hydrogen) atoms. The molecule has 100 valence electrons. The molecule has 0 aromatic heterocycles. The first kappa shape index (κ1) is 13.5. The van der Waals surface area contributed by atoms with E-state index in [0.29, 0.717) is 11.1 Å². The molecule has 1 heterocycles. The largest absolute Gasteiger partial charge is 0.394 e. The molecule has 0 saturated heterocycles. The molecule has 2 rings (SSSR count). The van der Waals surface area contributed by atoms with Gasteiger partial charge in [0.15, 0.2) is 0 Å². The first-order chi connectivity index (χ1) is 8.93. The molecule has 0 fully saturated rings. The summed E-state index contributed by atoms with van der Waals surface area (Å²) in [5.74, 6) is -0.661. The molecule has 1 aliphatic heterocycles. The predicted octanol–water partition coefficient (Wildman–Crippen LogP) is 1.60. The molecule has 0 saturated carbocycles. The Balaban J connectivity index is 2.51. The minimum absolute atomic E-state index is 0.310. The van der Waals surface area contributed by atoms with Crippen molar-refractivity contribution < 1.29 is 14.7 Å². The molecule has 0 aliphatic carbocycles. The average molecular weight is 259 g/mol. The molecule has 1 aromatic rings. The van der Waals surface area contributed by atoms with Crippen molar-refractivity contribution in [3.63, 3.8) is 0 Å². The van der Waals surface area contributed by atoms with Gasteiger partial charge in [0.1, 0.15) is 0 Å². The number of benzene rings is 1. The quantitative estimate of drug-likeness (QED) is 0.839. The van der Waals surface area contributed by atoms with Gasteiger partial charge >= 0.3 is 0 Å². The van der Waals surface area contributed by atoms with Crippen LogP contribution in [-0.2, 0) is 15.1 Å². The van der Waals surface area contributed by atoms with E-state index in [-0.39, 0.29) is 18.4 Å². The molecule has 1 aliphatic rings. The van der Waals surface area contributed by atoms with Crippen LogP contribution in [0.1, 0.15) is 26.3 Å². The van der Waals surface area contributed by atoms with Crippen molar-refractivity contribution in [1.82, 2.24) is 4.90 Å². The molecule has 4 nitrogen and oxygen atoms in total. The summed E-state index contributed by atoms with van der Waals surface area (Å²) in [5, 5.41) is 9.74. The van der Waals surface area contributed by atoms with Gasteiger partial charge in [-0.05, 0) is 26.3 Å². The van der Waals surface area contributed by atoms with E-state index in [2.05, 4.69) is 0 Å². The van der Waals surface area contributed by atoms with E-state index < -0.39 is 5.54 Å². The Morgan fingerprint density at radius 2 is 1.53 bits per heavy atom. The van der Waals surface area contributed by atoms with Crippen LogP contribution in [0.5, 0.6) is 0 Å². The highest BCUT2D eigenvalue weighted by Crippen LogP contribution is 2.34. The van der Waals surface area contributed by atoms with E-state index in [9.17, 15) is 14.7 Å². The number of aliphatic hydroxyl groups is 1. The van der Waals surface area contributed by atoms with Crippen LogP contribution >= 0.6 is 0 Å². The first-order valence-electron chi connectivity index (χ1n) is 6.16. The molecular weight excluding hydrogens is 242 g/mol. The number of imide groups is 1. The minimum Gasteiger partial charge on any atom is -0.394 e. The number of hydrogen-bond donors (Lipinski definition) is 1. The van der Waals surface area contributed by atoms with E-state index in [0.717, 1.165) is 10.5 Å². The van der Waals surface area contributed by atoms with Crippen molar-refractivity contribution in [1.29, 1.82) is 0 Å². The second kappa shape index (κ2) is 4.63. The third-order valence-electron chi connectivity index (χ3n) is 3.81. The number of amides is 2. The van der Waals surface area contributed by atoms with Crippen LogP contribution in [0.4, 0.5) is 0 Å². The highest BCUT2D eigenvalue weighted by atomic mass is 16.3. The molecule has 1 N–H and O–H groups in total. The number of carbonyl (C=O) groups excluding carboxylic acids is 2. The number of aliphatic hydroxyl groups excluding tert-OH is 1. The summed E-state index contributed by atoms with van der Waals surface area (Å²) in [6, 6.07) is 9.10. The Kier molecular flexibility index (Phi) is 3.28. The SMILES string of the molecule is CC1=C(C)C(=O)N(C(C)(CO)c2ccccc2)C1=O. The predicted molar refractivity (Wildman–Crippen MR) is 71.1 cm³/mol. The van der Waals surface area contributed by atoms with Gasteiger partial charge in [-0.15, -0.1) is 0 Å². The standard InChI is InChI=1S/C15H17NO3/c1-10-11(2)14(19)16(13(10)18)15(3,9-17)12-7-5-4-6-8-12/h4-8,17H,9H2,1-3H3. The molecule has 1 atom stereocenters. The van der Waals surface area contributed by atoms with Crippen molar-refractivity contribution in [3.05, 3.63) is 47.0 Å². The molecule has 4 heteroatoms. The van der Waals surface area contributed by atoms with Gasteiger partial charge in [-0.25, -0.2) is 0 Å². The maximum Gasteiger partial charge on any atom is 0.257 e. The van der Waals surface area contributed by atoms with Crippen LogP contribution < -0.4 is 0 Å².